The Hall–Kier alpha value is -4.61. The maximum Gasteiger partial charge on any atom is 0.416 e. The van der Waals surface area contributed by atoms with Crippen molar-refractivity contribution in [2.45, 2.75) is 26.6 Å². The fourth-order valence-corrected chi connectivity index (χ4v) is 3.35. The van der Waals surface area contributed by atoms with E-state index in [1.807, 2.05) is 0 Å². The van der Waals surface area contributed by atoms with Crippen LogP contribution in [0.4, 0.5) is 18.9 Å². The number of aromatic nitrogens is 2. The number of ether oxygens (including phenoxy) is 2. The first-order valence-corrected chi connectivity index (χ1v) is 10.9. The summed E-state index contributed by atoms with van der Waals surface area (Å²) in [6.07, 6.45) is -4.54. The lowest BCUT2D eigenvalue weighted by Gasteiger charge is -2.12. The average Bonchev–Trinajstić information content (AvgIpc) is 3.23. The number of rotatable bonds is 7. The third-order valence-corrected chi connectivity index (χ3v) is 5.15. The second-order valence-electron chi connectivity index (χ2n) is 8.05. The number of alkyl halides is 3. The van der Waals surface area contributed by atoms with Crippen LogP contribution in [-0.2, 0) is 22.3 Å². The molecule has 9 nitrogen and oxygen atoms in total. The number of hydrogen-bond acceptors (Lipinski definition) is 7. The van der Waals surface area contributed by atoms with Crippen LogP contribution in [0.3, 0.4) is 0 Å². The highest BCUT2D eigenvalue weighted by Gasteiger charge is 2.30. The molecular formula is C25H20F3N3O6. The molecule has 1 N–H and O–H groups in total. The number of aryl methyl sites for hydroxylation is 2. The molecule has 0 spiro atoms. The molecule has 0 aliphatic carbocycles. The van der Waals surface area contributed by atoms with E-state index < -0.39 is 35.8 Å². The SMILES string of the molecule is Cc1cc2nc(COC(=O)c3ccc(C)c(NC(=O)COc4cccc(C(F)(F)F)c4)c3)cc(=O)n2o1. The van der Waals surface area contributed by atoms with Gasteiger partial charge in [-0.05, 0) is 49.7 Å². The smallest absolute Gasteiger partial charge is 0.416 e. The van der Waals surface area contributed by atoms with Gasteiger partial charge < -0.3 is 19.3 Å². The normalized spacial score (nSPS) is 11.4. The van der Waals surface area contributed by atoms with E-state index in [-0.39, 0.29) is 29.3 Å². The van der Waals surface area contributed by atoms with Crippen LogP contribution in [0.2, 0.25) is 0 Å². The number of carbonyl (C=O) groups excluding carboxylic acids is 2. The predicted molar refractivity (Wildman–Crippen MR) is 124 cm³/mol. The fraction of sp³-hybridized carbons (Fsp3) is 0.200. The maximum atomic E-state index is 12.8. The van der Waals surface area contributed by atoms with Crippen LogP contribution in [0.15, 0.2) is 63.9 Å². The molecule has 2 aromatic carbocycles. The lowest BCUT2D eigenvalue weighted by molar-refractivity contribution is -0.137. The Kier molecular flexibility index (Phi) is 7.00. The molecule has 0 saturated carbocycles. The molecular weight excluding hydrogens is 495 g/mol. The maximum absolute atomic E-state index is 12.8. The number of hydrogen-bond donors (Lipinski definition) is 1. The number of anilines is 1. The second-order valence-corrected chi connectivity index (χ2v) is 8.05. The molecule has 0 saturated heterocycles. The Balaban J connectivity index is 1.38. The number of amides is 1. The van der Waals surface area contributed by atoms with Crippen molar-refractivity contribution in [3.8, 4) is 5.75 Å². The van der Waals surface area contributed by atoms with E-state index in [9.17, 15) is 27.6 Å². The molecule has 1 amide bonds. The summed E-state index contributed by atoms with van der Waals surface area (Å²) in [5.41, 5.74) is 0.189. The molecule has 0 bridgehead atoms. The van der Waals surface area contributed by atoms with Gasteiger partial charge in [-0.3, -0.25) is 9.59 Å². The molecule has 0 atom stereocenters. The summed E-state index contributed by atoms with van der Waals surface area (Å²) in [7, 11) is 0. The number of carbonyl (C=O) groups is 2. The third-order valence-electron chi connectivity index (χ3n) is 5.15. The third kappa shape index (κ3) is 6.15. The quantitative estimate of drug-likeness (QED) is 0.365. The van der Waals surface area contributed by atoms with Gasteiger partial charge in [0.2, 0.25) is 0 Å². The Morgan fingerprint density at radius 2 is 1.86 bits per heavy atom. The predicted octanol–water partition coefficient (Wildman–Crippen LogP) is 4.30. The van der Waals surface area contributed by atoms with Crippen molar-refractivity contribution in [1.29, 1.82) is 0 Å². The van der Waals surface area contributed by atoms with Gasteiger partial charge in [0.25, 0.3) is 11.5 Å². The Morgan fingerprint density at radius 1 is 1.08 bits per heavy atom. The number of esters is 1. The number of benzene rings is 2. The number of halogens is 3. The van der Waals surface area contributed by atoms with E-state index >= 15 is 0 Å². The first-order valence-electron chi connectivity index (χ1n) is 10.9. The number of nitrogens with zero attached hydrogens (tertiary/aromatic N) is 2. The van der Waals surface area contributed by atoms with Crippen LogP contribution in [0, 0.1) is 13.8 Å². The van der Waals surface area contributed by atoms with E-state index in [0.717, 1.165) is 16.7 Å². The summed E-state index contributed by atoms with van der Waals surface area (Å²) < 4.78 is 55.2. The van der Waals surface area contributed by atoms with Crippen molar-refractivity contribution in [1.82, 2.24) is 9.56 Å². The van der Waals surface area contributed by atoms with Gasteiger partial charge in [0.15, 0.2) is 12.3 Å². The molecule has 2 heterocycles. The van der Waals surface area contributed by atoms with Gasteiger partial charge in [-0.1, -0.05) is 12.1 Å². The van der Waals surface area contributed by atoms with Crippen molar-refractivity contribution in [3.05, 3.63) is 93.1 Å². The van der Waals surface area contributed by atoms with Gasteiger partial charge in [0.1, 0.15) is 18.1 Å². The lowest BCUT2D eigenvalue weighted by atomic mass is 10.1. The standard InChI is InChI=1S/C25H20F3N3O6/c1-14-6-7-16(24(34)36-12-18-11-23(33)31-21(29-18)8-15(2)37-31)9-20(14)30-22(32)13-35-19-5-3-4-17(10-19)25(26,27)28/h3-11H,12-13H2,1-2H3,(H,30,32). The van der Waals surface area contributed by atoms with E-state index in [0.29, 0.717) is 17.0 Å². The average molecular weight is 515 g/mol. The monoisotopic (exact) mass is 515 g/mol. The summed E-state index contributed by atoms with van der Waals surface area (Å²) in [4.78, 5) is 41.2. The van der Waals surface area contributed by atoms with Gasteiger partial charge in [0, 0.05) is 17.8 Å². The van der Waals surface area contributed by atoms with Crippen LogP contribution >= 0.6 is 0 Å². The highest BCUT2D eigenvalue weighted by molar-refractivity contribution is 5.96. The minimum atomic E-state index is -4.54. The van der Waals surface area contributed by atoms with Crippen molar-refractivity contribution < 1.29 is 36.8 Å². The molecule has 192 valence electrons. The Bertz CT molecular complexity index is 1540. The second kappa shape index (κ2) is 10.2. The van der Waals surface area contributed by atoms with Gasteiger partial charge in [-0.25, -0.2) is 9.78 Å². The van der Waals surface area contributed by atoms with Gasteiger partial charge in [-0.2, -0.15) is 13.2 Å². The molecule has 0 aliphatic rings. The Morgan fingerprint density at radius 3 is 2.62 bits per heavy atom. The molecule has 37 heavy (non-hydrogen) atoms. The van der Waals surface area contributed by atoms with E-state index in [2.05, 4.69) is 10.3 Å². The summed E-state index contributed by atoms with van der Waals surface area (Å²) in [6.45, 7) is 2.54. The topological polar surface area (TPSA) is 112 Å². The van der Waals surface area contributed by atoms with Crippen LogP contribution in [0.1, 0.15) is 32.9 Å². The molecule has 12 heteroatoms. The first kappa shape index (κ1) is 25.5. The van der Waals surface area contributed by atoms with E-state index in [1.165, 1.54) is 30.3 Å². The summed E-state index contributed by atoms with van der Waals surface area (Å²) in [5, 5.41) is 2.56. The Labute approximate surface area is 207 Å². The largest absolute Gasteiger partial charge is 0.484 e. The van der Waals surface area contributed by atoms with Crippen LogP contribution in [-0.4, -0.2) is 28.0 Å². The lowest BCUT2D eigenvalue weighted by Crippen LogP contribution is -2.21. The number of fused-ring (bicyclic) bond motifs is 1. The molecule has 4 aromatic rings. The van der Waals surface area contributed by atoms with E-state index in [1.54, 1.807) is 26.0 Å². The van der Waals surface area contributed by atoms with Crippen molar-refractivity contribution in [3.63, 3.8) is 0 Å². The van der Waals surface area contributed by atoms with Crippen LogP contribution in [0.25, 0.3) is 5.65 Å². The summed E-state index contributed by atoms with van der Waals surface area (Å²) in [6, 6.07) is 11.4. The van der Waals surface area contributed by atoms with Gasteiger partial charge >= 0.3 is 12.1 Å². The minimum absolute atomic E-state index is 0.115. The molecule has 2 aromatic heterocycles. The van der Waals surface area contributed by atoms with E-state index in [4.69, 9.17) is 14.0 Å². The molecule has 0 unspecified atom stereocenters. The van der Waals surface area contributed by atoms with Crippen LogP contribution < -0.4 is 15.6 Å². The zero-order valence-electron chi connectivity index (χ0n) is 19.6. The van der Waals surface area contributed by atoms with Crippen molar-refractivity contribution in [2.75, 3.05) is 11.9 Å². The minimum Gasteiger partial charge on any atom is -0.484 e. The van der Waals surface area contributed by atoms with Gasteiger partial charge in [0.05, 0.1) is 16.8 Å². The summed E-state index contributed by atoms with van der Waals surface area (Å²) in [5.74, 6) is -0.982. The van der Waals surface area contributed by atoms with Crippen molar-refractivity contribution >= 4 is 23.2 Å². The van der Waals surface area contributed by atoms with Crippen molar-refractivity contribution in [2.24, 2.45) is 0 Å². The molecule has 0 aliphatic heterocycles. The molecule has 4 rings (SSSR count). The van der Waals surface area contributed by atoms with Crippen LogP contribution in [0.5, 0.6) is 5.75 Å². The number of nitrogens with one attached hydrogen (secondary N) is 1. The highest BCUT2D eigenvalue weighted by atomic mass is 19.4. The first-order chi connectivity index (χ1) is 17.5. The molecule has 0 radical (unpaired) electrons. The summed E-state index contributed by atoms with van der Waals surface area (Å²) >= 11 is 0. The highest BCUT2D eigenvalue weighted by Crippen LogP contribution is 2.31. The zero-order chi connectivity index (χ0) is 26.7. The fourth-order valence-electron chi connectivity index (χ4n) is 3.35. The zero-order valence-corrected chi connectivity index (χ0v) is 19.6. The van der Waals surface area contributed by atoms with Gasteiger partial charge in [-0.15, -0.1) is 4.57 Å². The molecule has 0 fully saturated rings.